The van der Waals surface area contributed by atoms with Crippen molar-refractivity contribution in [2.45, 2.75) is 39.2 Å². The van der Waals surface area contributed by atoms with Crippen LogP contribution in [0.3, 0.4) is 0 Å². The minimum absolute atomic E-state index is 0.0127. The number of nitrogens with zero attached hydrogens (tertiary/aromatic N) is 1. The molecule has 2 aromatic carbocycles. The summed E-state index contributed by atoms with van der Waals surface area (Å²) in [5.41, 5.74) is 3.21. The Morgan fingerprint density at radius 2 is 1.52 bits per heavy atom. The van der Waals surface area contributed by atoms with E-state index in [1.54, 1.807) is 19.2 Å². The van der Waals surface area contributed by atoms with E-state index in [1.165, 1.54) is 0 Å². The van der Waals surface area contributed by atoms with Gasteiger partial charge in [-0.1, -0.05) is 24.3 Å². The lowest BCUT2D eigenvalue weighted by atomic mass is 10.1. The highest BCUT2D eigenvalue weighted by atomic mass is 16.5. The topological polar surface area (TPSA) is 67.9 Å². The molecule has 0 radical (unpaired) electrons. The molecule has 1 aliphatic heterocycles. The van der Waals surface area contributed by atoms with Crippen LogP contribution < -0.4 is 5.32 Å². The molecule has 1 aliphatic rings. The predicted molar refractivity (Wildman–Crippen MR) is 111 cm³/mol. The van der Waals surface area contributed by atoms with Gasteiger partial charge in [-0.15, -0.1) is 0 Å². The summed E-state index contributed by atoms with van der Waals surface area (Å²) in [6.45, 7) is 6.09. The number of carbonyl (C=O) groups is 2. The van der Waals surface area contributed by atoms with Gasteiger partial charge in [0.2, 0.25) is 0 Å². The van der Waals surface area contributed by atoms with Gasteiger partial charge in [0.25, 0.3) is 11.8 Å². The summed E-state index contributed by atoms with van der Waals surface area (Å²) >= 11 is 0. The number of morpholine rings is 1. The van der Waals surface area contributed by atoms with Crippen LogP contribution in [0.4, 0.5) is 0 Å². The highest BCUT2D eigenvalue weighted by Crippen LogP contribution is 2.15. The van der Waals surface area contributed by atoms with Crippen molar-refractivity contribution in [2.75, 3.05) is 20.2 Å². The number of amides is 2. The number of carbonyl (C=O) groups excluding carboxylic acids is 2. The van der Waals surface area contributed by atoms with Crippen LogP contribution in [-0.2, 0) is 22.6 Å². The molecule has 2 atom stereocenters. The van der Waals surface area contributed by atoms with Crippen molar-refractivity contribution in [3.05, 3.63) is 70.8 Å². The van der Waals surface area contributed by atoms with Gasteiger partial charge in [0, 0.05) is 37.9 Å². The molecule has 1 heterocycles. The first-order chi connectivity index (χ1) is 14.0. The Bertz CT molecular complexity index is 823. The Balaban J connectivity index is 1.55. The van der Waals surface area contributed by atoms with Crippen LogP contribution in [-0.4, -0.2) is 49.1 Å². The summed E-state index contributed by atoms with van der Waals surface area (Å²) in [4.78, 5) is 26.9. The molecule has 6 nitrogen and oxygen atoms in total. The second-order valence-electron chi connectivity index (χ2n) is 7.48. The van der Waals surface area contributed by atoms with E-state index >= 15 is 0 Å². The average Bonchev–Trinajstić information content (AvgIpc) is 2.72. The molecule has 0 bridgehead atoms. The molecule has 3 rings (SSSR count). The molecule has 29 heavy (non-hydrogen) atoms. The number of rotatable bonds is 6. The molecule has 0 saturated carbocycles. The largest absolute Gasteiger partial charge is 0.380 e. The molecule has 0 aromatic heterocycles. The van der Waals surface area contributed by atoms with Crippen LogP contribution in [0, 0.1) is 0 Å². The van der Waals surface area contributed by atoms with Gasteiger partial charge in [-0.25, -0.2) is 0 Å². The Labute approximate surface area is 171 Å². The van der Waals surface area contributed by atoms with Gasteiger partial charge >= 0.3 is 0 Å². The van der Waals surface area contributed by atoms with Crippen LogP contribution >= 0.6 is 0 Å². The van der Waals surface area contributed by atoms with Crippen LogP contribution in [0.5, 0.6) is 0 Å². The standard InChI is InChI=1S/C23H28N2O4/c1-16-13-25(14-17(2)29-16)23(27)21-10-4-18(5-11-21)12-24-22(26)20-8-6-19(7-9-20)15-28-3/h4-11,16-17H,12-15H2,1-3H3,(H,24,26). The smallest absolute Gasteiger partial charge is 0.254 e. The number of nitrogens with one attached hydrogen (secondary N) is 1. The fourth-order valence-electron chi connectivity index (χ4n) is 3.49. The summed E-state index contributed by atoms with van der Waals surface area (Å²) < 4.78 is 10.8. The third kappa shape index (κ3) is 5.65. The lowest BCUT2D eigenvalue weighted by Crippen LogP contribution is -2.48. The lowest BCUT2D eigenvalue weighted by Gasteiger charge is -2.35. The Kier molecular flexibility index (Phi) is 7.01. The first kappa shape index (κ1) is 21.0. The summed E-state index contributed by atoms with van der Waals surface area (Å²) in [7, 11) is 1.64. The third-order valence-corrected chi connectivity index (χ3v) is 4.89. The van der Waals surface area contributed by atoms with Gasteiger partial charge in [-0.05, 0) is 49.2 Å². The van der Waals surface area contributed by atoms with E-state index in [-0.39, 0.29) is 24.0 Å². The van der Waals surface area contributed by atoms with Gasteiger partial charge < -0.3 is 19.7 Å². The third-order valence-electron chi connectivity index (χ3n) is 4.89. The van der Waals surface area contributed by atoms with Crippen molar-refractivity contribution in [2.24, 2.45) is 0 Å². The van der Waals surface area contributed by atoms with Gasteiger partial charge in [0.05, 0.1) is 18.8 Å². The van der Waals surface area contributed by atoms with E-state index in [1.807, 2.05) is 55.1 Å². The molecule has 6 heteroatoms. The highest BCUT2D eigenvalue weighted by Gasteiger charge is 2.26. The van der Waals surface area contributed by atoms with E-state index in [4.69, 9.17) is 9.47 Å². The zero-order valence-electron chi connectivity index (χ0n) is 17.2. The summed E-state index contributed by atoms with van der Waals surface area (Å²) in [6, 6.07) is 14.7. The minimum atomic E-state index is -0.134. The number of hydrogen-bond acceptors (Lipinski definition) is 4. The predicted octanol–water partition coefficient (Wildman–Crippen LogP) is 3.01. The Hall–Kier alpha value is -2.70. The Morgan fingerprint density at radius 1 is 0.966 bits per heavy atom. The summed E-state index contributed by atoms with van der Waals surface area (Å²) in [6.07, 6.45) is 0.0847. The maximum absolute atomic E-state index is 12.7. The van der Waals surface area contributed by atoms with E-state index in [0.717, 1.165) is 11.1 Å². The summed E-state index contributed by atoms with van der Waals surface area (Å²) in [5.74, 6) is -0.121. The molecule has 154 valence electrons. The second kappa shape index (κ2) is 9.67. The summed E-state index contributed by atoms with van der Waals surface area (Å²) in [5, 5.41) is 2.91. The van der Waals surface area contributed by atoms with Crippen molar-refractivity contribution < 1.29 is 19.1 Å². The van der Waals surface area contributed by atoms with Crippen molar-refractivity contribution in [1.82, 2.24) is 10.2 Å². The van der Waals surface area contributed by atoms with Crippen molar-refractivity contribution in [1.29, 1.82) is 0 Å². The lowest BCUT2D eigenvalue weighted by molar-refractivity contribution is -0.0586. The number of methoxy groups -OCH3 is 1. The molecule has 0 aliphatic carbocycles. The van der Waals surface area contributed by atoms with E-state index in [0.29, 0.717) is 37.4 Å². The monoisotopic (exact) mass is 396 g/mol. The molecule has 1 N–H and O–H groups in total. The van der Waals surface area contributed by atoms with Crippen LogP contribution in [0.1, 0.15) is 45.7 Å². The average molecular weight is 396 g/mol. The first-order valence-electron chi connectivity index (χ1n) is 9.86. The van der Waals surface area contributed by atoms with Gasteiger partial charge in [0.1, 0.15) is 0 Å². The molecule has 0 spiro atoms. The maximum Gasteiger partial charge on any atom is 0.254 e. The number of benzene rings is 2. The van der Waals surface area contributed by atoms with E-state index < -0.39 is 0 Å². The molecule has 1 fully saturated rings. The highest BCUT2D eigenvalue weighted by molar-refractivity contribution is 5.95. The Morgan fingerprint density at radius 3 is 2.10 bits per heavy atom. The molecule has 2 amide bonds. The maximum atomic E-state index is 12.7. The van der Waals surface area contributed by atoms with Crippen molar-refractivity contribution >= 4 is 11.8 Å². The normalized spacial score (nSPS) is 19.1. The molecule has 2 unspecified atom stereocenters. The zero-order chi connectivity index (χ0) is 20.8. The fourth-order valence-corrected chi connectivity index (χ4v) is 3.49. The van der Waals surface area contributed by atoms with Gasteiger partial charge in [-0.3, -0.25) is 9.59 Å². The second-order valence-corrected chi connectivity index (χ2v) is 7.48. The fraction of sp³-hybridized carbons (Fsp3) is 0.391. The van der Waals surface area contributed by atoms with E-state index in [9.17, 15) is 9.59 Å². The molecular weight excluding hydrogens is 368 g/mol. The zero-order valence-corrected chi connectivity index (χ0v) is 17.2. The number of hydrogen-bond donors (Lipinski definition) is 1. The molecular formula is C23H28N2O4. The molecule has 1 saturated heterocycles. The first-order valence-corrected chi connectivity index (χ1v) is 9.86. The van der Waals surface area contributed by atoms with Crippen LogP contribution in [0.25, 0.3) is 0 Å². The van der Waals surface area contributed by atoms with Crippen LogP contribution in [0.15, 0.2) is 48.5 Å². The minimum Gasteiger partial charge on any atom is -0.380 e. The number of ether oxygens (including phenoxy) is 2. The van der Waals surface area contributed by atoms with Gasteiger partial charge in [-0.2, -0.15) is 0 Å². The van der Waals surface area contributed by atoms with Gasteiger partial charge in [0.15, 0.2) is 0 Å². The van der Waals surface area contributed by atoms with E-state index in [2.05, 4.69) is 5.32 Å². The van der Waals surface area contributed by atoms with Crippen molar-refractivity contribution in [3.63, 3.8) is 0 Å². The van der Waals surface area contributed by atoms with Crippen LogP contribution in [0.2, 0.25) is 0 Å². The molecule has 2 aromatic rings. The van der Waals surface area contributed by atoms with Crippen molar-refractivity contribution in [3.8, 4) is 0 Å². The SMILES string of the molecule is COCc1ccc(C(=O)NCc2ccc(C(=O)N3CC(C)OC(C)C3)cc2)cc1. The quantitative estimate of drug-likeness (QED) is 0.815.